The Balaban J connectivity index is 1.99. The van der Waals surface area contributed by atoms with Crippen LogP contribution in [0.2, 0.25) is 0 Å². The molecule has 5 nitrogen and oxygen atoms in total. The molecule has 0 radical (unpaired) electrons. The minimum Gasteiger partial charge on any atom is -0.497 e. The highest BCUT2D eigenvalue weighted by molar-refractivity contribution is 8.00. The summed E-state index contributed by atoms with van der Waals surface area (Å²) in [6, 6.07) is 7.68. The molecule has 0 saturated heterocycles. The molecule has 1 aromatic heterocycles. The van der Waals surface area contributed by atoms with Crippen LogP contribution < -0.4 is 4.74 Å². The lowest BCUT2D eigenvalue weighted by molar-refractivity contribution is -0.116. The van der Waals surface area contributed by atoms with Gasteiger partial charge in [-0.05, 0) is 31.5 Å². The van der Waals surface area contributed by atoms with Crippen molar-refractivity contribution in [3.8, 4) is 5.75 Å². The number of aromatic nitrogens is 2. The predicted octanol–water partition coefficient (Wildman–Crippen LogP) is 2.74. The Hall–Kier alpha value is -1.82. The molecular formula is C14H16N2O3S. The fourth-order valence-electron chi connectivity index (χ4n) is 1.51. The van der Waals surface area contributed by atoms with Gasteiger partial charge in [-0.25, -0.2) is 0 Å². The average molecular weight is 292 g/mol. The van der Waals surface area contributed by atoms with Crippen molar-refractivity contribution < 1.29 is 13.9 Å². The Morgan fingerprint density at radius 2 is 2.05 bits per heavy atom. The number of hydrogen-bond donors (Lipinski definition) is 0. The van der Waals surface area contributed by atoms with E-state index in [1.54, 1.807) is 14.0 Å². The number of benzene rings is 1. The van der Waals surface area contributed by atoms with Gasteiger partial charge in [0.2, 0.25) is 5.89 Å². The third-order valence-electron chi connectivity index (χ3n) is 2.81. The third-order valence-corrected chi connectivity index (χ3v) is 3.86. The summed E-state index contributed by atoms with van der Waals surface area (Å²) in [5.41, 5.74) is 1.06. The monoisotopic (exact) mass is 292 g/mol. The standard InChI is InChI=1S/C14H16N2O3S/c1-9(17)10(2)20-14-16-15-13(19-14)8-11-4-6-12(18-3)7-5-11/h4-7,10H,8H2,1-3H3. The van der Waals surface area contributed by atoms with Crippen LogP contribution in [0.15, 0.2) is 33.9 Å². The number of ether oxygens (including phenoxy) is 1. The van der Waals surface area contributed by atoms with E-state index in [1.165, 1.54) is 11.8 Å². The molecule has 0 aliphatic carbocycles. The van der Waals surface area contributed by atoms with E-state index >= 15 is 0 Å². The average Bonchev–Trinajstić information content (AvgIpc) is 2.86. The number of thioether (sulfide) groups is 1. The van der Waals surface area contributed by atoms with E-state index < -0.39 is 0 Å². The minimum atomic E-state index is -0.177. The molecule has 1 aromatic carbocycles. The van der Waals surface area contributed by atoms with Crippen molar-refractivity contribution in [2.24, 2.45) is 0 Å². The van der Waals surface area contributed by atoms with Gasteiger partial charge in [-0.2, -0.15) is 0 Å². The summed E-state index contributed by atoms with van der Waals surface area (Å²) in [5.74, 6) is 1.43. The Kier molecular flexibility index (Phi) is 4.79. The Labute approximate surface area is 121 Å². The van der Waals surface area contributed by atoms with Gasteiger partial charge >= 0.3 is 0 Å². The van der Waals surface area contributed by atoms with E-state index in [4.69, 9.17) is 9.15 Å². The van der Waals surface area contributed by atoms with E-state index in [0.29, 0.717) is 17.5 Å². The first-order chi connectivity index (χ1) is 9.58. The number of hydrogen-bond acceptors (Lipinski definition) is 6. The normalized spacial score (nSPS) is 12.2. The lowest BCUT2D eigenvalue weighted by atomic mass is 10.1. The summed E-state index contributed by atoms with van der Waals surface area (Å²) in [4.78, 5) is 11.2. The van der Waals surface area contributed by atoms with Crippen LogP contribution in [-0.2, 0) is 11.2 Å². The number of rotatable bonds is 6. The fraction of sp³-hybridized carbons (Fsp3) is 0.357. The van der Waals surface area contributed by atoms with E-state index in [9.17, 15) is 4.79 Å². The van der Waals surface area contributed by atoms with Gasteiger partial charge in [0, 0.05) is 0 Å². The van der Waals surface area contributed by atoms with Crippen molar-refractivity contribution in [3.63, 3.8) is 0 Å². The molecule has 1 heterocycles. The number of nitrogens with zero attached hydrogens (tertiary/aromatic N) is 2. The third kappa shape index (κ3) is 3.84. The first kappa shape index (κ1) is 14.6. The molecule has 0 fully saturated rings. The van der Waals surface area contributed by atoms with Crippen LogP contribution in [0.1, 0.15) is 25.3 Å². The van der Waals surface area contributed by atoms with Crippen LogP contribution in [0, 0.1) is 0 Å². The van der Waals surface area contributed by atoms with Gasteiger partial charge in [0.1, 0.15) is 11.5 Å². The second kappa shape index (κ2) is 6.56. The summed E-state index contributed by atoms with van der Waals surface area (Å²) >= 11 is 1.28. The summed E-state index contributed by atoms with van der Waals surface area (Å²) in [7, 11) is 1.63. The molecule has 2 rings (SSSR count). The fourth-order valence-corrected chi connectivity index (χ4v) is 2.21. The maximum absolute atomic E-state index is 11.2. The minimum absolute atomic E-state index is 0.0879. The summed E-state index contributed by atoms with van der Waals surface area (Å²) < 4.78 is 10.6. The van der Waals surface area contributed by atoms with Crippen molar-refractivity contribution in [1.29, 1.82) is 0 Å². The molecule has 0 bridgehead atoms. The zero-order chi connectivity index (χ0) is 14.5. The van der Waals surface area contributed by atoms with Gasteiger partial charge in [0.05, 0.1) is 18.8 Å². The van der Waals surface area contributed by atoms with Crippen LogP contribution in [-0.4, -0.2) is 28.3 Å². The van der Waals surface area contributed by atoms with Crippen molar-refractivity contribution >= 4 is 17.5 Å². The molecule has 1 atom stereocenters. The Morgan fingerprint density at radius 3 is 2.65 bits per heavy atom. The zero-order valence-electron chi connectivity index (χ0n) is 11.6. The van der Waals surface area contributed by atoms with Crippen molar-refractivity contribution in [3.05, 3.63) is 35.7 Å². The summed E-state index contributed by atoms with van der Waals surface area (Å²) in [6.45, 7) is 3.37. The van der Waals surface area contributed by atoms with Gasteiger partial charge in [-0.1, -0.05) is 23.9 Å². The maximum atomic E-state index is 11.2. The molecule has 0 saturated carbocycles. The van der Waals surface area contributed by atoms with Gasteiger partial charge in [-0.15, -0.1) is 10.2 Å². The van der Waals surface area contributed by atoms with E-state index in [1.807, 2.05) is 31.2 Å². The number of carbonyl (C=O) groups is 1. The first-order valence-corrected chi connectivity index (χ1v) is 7.09. The van der Waals surface area contributed by atoms with Crippen LogP contribution in [0.3, 0.4) is 0 Å². The predicted molar refractivity (Wildman–Crippen MR) is 76.1 cm³/mol. The molecule has 1 unspecified atom stereocenters. The number of Topliss-reactive ketones (excluding diaryl/α,β-unsaturated/α-hetero) is 1. The first-order valence-electron chi connectivity index (χ1n) is 6.21. The molecule has 106 valence electrons. The molecule has 0 spiro atoms. The van der Waals surface area contributed by atoms with E-state index in [-0.39, 0.29) is 11.0 Å². The largest absolute Gasteiger partial charge is 0.497 e. The van der Waals surface area contributed by atoms with E-state index in [0.717, 1.165) is 11.3 Å². The molecule has 0 amide bonds. The molecule has 20 heavy (non-hydrogen) atoms. The van der Waals surface area contributed by atoms with Gasteiger partial charge in [0.25, 0.3) is 5.22 Å². The summed E-state index contributed by atoms with van der Waals surface area (Å²) in [6.07, 6.45) is 0.562. The Bertz CT molecular complexity index is 580. The lowest BCUT2D eigenvalue weighted by Gasteiger charge is -2.02. The molecule has 0 aliphatic heterocycles. The number of methoxy groups -OCH3 is 1. The Morgan fingerprint density at radius 1 is 1.35 bits per heavy atom. The topological polar surface area (TPSA) is 65.2 Å². The number of carbonyl (C=O) groups excluding carboxylic acids is 1. The number of ketones is 1. The molecule has 0 N–H and O–H groups in total. The second-order valence-corrected chi connectivity index (χ2v) is 5.65. The lowest BCUT2D eigenvalue weighted by Crippen LogP contribution is -2.07. The van der Waals surface area contributed by atoms with Crippen molar-refractivity contribution in [2.45, 2.75) is 30.7 Å². The van der Waals surface area contributed by atoms with E-state index in [2.05, 4.69) is 10.2 Å². The van der Waals surface area contributed by atoms with Gasteiger partial charge < -0.3 is 9.15 Å². The maximum Gasteiger partial charge on any atom is 0.277 e. The van der Waals surface area contributed by atoms with Crippen LogP contribution in [0.5, 0.6) is 5.75 Å². The highest BCUT2D eigenvalue weighted by atomic mass is 32.2. The van der Waals surface area contributed by atoms with Crippen LogP contribution >= 0.6 is 11.8 Å². The SMILES string of the molecule is COc1ccc(Cc2nnc(SC(C)C(C)=O)o2)cc1. The highest BCUT2D eigenvalue weighted by Gasteiger charge is 2.14. The van der Waals surface area contributed by atoms with Crippen molar-refractivity contribution in [1.82, 2.24) is 10.2 Å². The summed E-state index contributed by atoms with van der Waals surface area (Å²) in [5, 5.41) is 8.17. The molecule has 2 aromatic rings. The molecule has 6 heteroatoms. The quantitative estimate of drug-likeness (QED) is 0.763. The second-order valence-electron chi connectivity index (χ2n) is 4.36. The molecule has 0 aliphatic rings. The van der Waals surface area contributed by atoms with Gasteiger partial charge in [0.15, 0.2) is 0 Å². The van der Waals surface area contributed by atoms with Crippen LogP contribution in [0.4, 0.5) is 0 Å². The highest BCUT2D eigenvalue weighted by Crippen LogP contribution is 2.23. The smallest absolute Gasteiger partial charge is 0.277 e. The molecular weight excluding hydrogens is 276 g/mol. The van der Waals surface area contributed by atoms with Gasteiger partial charge in [-0.3, -0.25) is 4.79 Å². The van der Waals surface area contributed by atoms with Crippen LogP contribution in [0.25, 0.3) is 0 Å². The van der Waals surface area contributed by atoms with Crippen molar-refractivity contribution in [2.75, 3.05) is 7.11 Å². The zero-order valence-corrected chi connectivity index (χ0v) is 12.4.